The number of primary amides is 2. The molecule has 28 heteroatoms. The fourth-order valence-electron chi connectivity index (χ4n) is 5.77. The number of guanidine groups is 1. The smallest absolute Gasteiger partial charge is 0.328 e. The number of rotatable bonds is 31. The topological polar surface area (TPSA) is 504 Å². The summed E-state index contributed by atoms with van der Waals surface area (Å²) in [6, 6.07) is -6.76. The van der Waals surface area contributed by atoms with Crippen LogP contribution >= 0.6 is 0 Å². The molecular formula is C38H58N12O16. The van der Waals surface area contributed by atoms with Crippen molar-refractivity contribution < 1.29 is 78.3 Å². The van der Waals surface area contributed by atoms with Crippen LogP contribution in [0.25, 0.3) is 0 Å². The Hall–Kier alpha value is -7.62. The third kappa shape index (κ3) is 22.1. The molecule has 0 saturated heterocycles. The van der Waals surface area contributed by atoms with Gasteiger partial charge >= 0.3 is 17.9 Å². The molecule has 8 atom stereocenters. The summed E-state index contributed by atoms with van der Waals surface area (Å²) in [5.41, 5.74) is 27.3. The van der Waals surface area contributed by atoms with E-state index < -0.39 is 159 Å². The molecule has 1 aromatic carbocycles. The Kier molecular flexibility index (Phi) is 24.1. The normalized spacial score (nSPS) is 14.4. The minimum Gasteiger partial charge on any atom is -0.508 e. The molecule has 0 heterocycles. The number of aliphatic carboxylic acids is 3. The van der Waals surface area contributed by atoms with Crippen molar-refractivity contribution in [2.45, 2.75) is 120 Å². The molecule has 8 amide bonds. The lowest BCUT2D eigenvalue weighted by Crippen LogP contribution is -2.60. The Bertz CT molecular complexity index is 1940. The van der Waals surface area contributed by atoms with Crippen LogP contribution in [0.15, 0.2) is 29.3 Å². The number of carboxylic acids is 3. The van der Waals surface area contributed by atoms with Gasteiger partial charge < -0.3 is 86.1 Å². The SMILES string of the molecule is C[C@@H](O)[C@H](NC(=O)[C@H](CCCN=C(N)N)NC(=O)[C@H](CCC(N)=O)NC(=O)[C@H](CCC(=O)O)NC(=O)[C@H](Cc1ccc(O)cc1)NC(=O)[C@H](CC(N)=O)NC(=O)[C@@H](N)CCC(=O)O)C(=O)O. The van der Waals surface area contributed by atoms with Gasteiger partial charge in [-0.3, -0.25) is 52.9 Å². The number of nitrogens with zero attached hydrogens (tertiary/aromatic N) is 1. The lowest BCUT2D eigenvalue weighted by molar-refractivity contribution is -0.145. The Labute approximate surface area is 376 Å². The number of phenolic OH excluding ortho intramolecular Hbond substituents is 1. The van der Waals surface area contributed by atoms with Crippen LogP contribution in [-0.4, -0.2) is 152 Å². The van der Waals surface area contributed by atoms with Crippen molar-refractivity contribution >= 4 is 71.1 Å². The Morgan fingerprint density at radius 2 is 1.02 bits per heavy atom. The second-order valence-electron chi connectivity index (χ2n) is 14.8. The Balaban J connectivity index is 3.59. The third-order valence-electron chi connectivity index (χ3n) is 9.27. The van der Waals surface area contributed by atoms with E-state index >= 15 is 0 Å². The predicted octanol–water partition coefficient (Wildman–Crippen LogP) is -6.44. The van der Waals surface area contributed by atoms with E-state index in [2.05, 4.69) is 36.9 Å². The number of nitrogens with one attached hydrogen (secondary N) is 6. The van der Waals surface area contributed by atoms with Crippen molar-refractivity contribution in [2.75, 3.05) is 6.54 Å². The van der Waals surface area contributed by atoms with Crippen LogP contribution in [0.1, 0.15) is 70.3 Å². The molecule has 0 saturated carbocycles. The van der Waals surface area contributed by atoms with Crippen molar-refractivity contribution in [3.8, 4) is 5.75 Å². The van der Waals surface area contributed by atoms with E-state index in [0.29, 0.717) is 0 Å². The van der Waals surface area contributed by atoms with E-state index in [0.717, 1.165) is 6.92 Å². The van der Waals surface area contributed by atoms with Gasteiger partial charge in [-0.25, -0.2) is 4.79 Å². The lowest BCUT2D eigenvalue weighted by atomic mass is 10.0. The molecule has 0 aliphatic rings. The molecule has 366 valence electrons. The molecule has 0 unspecified atom stereocenters. The van der Waals surface area contributed by atoms with E-state index in [1.807, 2.05) is 0 Å². The van der Waals surface area contributed by atoms with E-state index in [4.69, 9.17) is 33.8 Å². The van der Waals surface area contributed by atoms with Gasteiger partial charge in [0.25, 0.3) is 0 Å². The summed E-state index contributed by atoms with van der Waals surface area (Å²) in [5.74, 6) is -13.8. The number of benzene rings is 1. The summed E-state index contributed by atoms with van der Waals surface area (Å²) in [6.07, 6.45) is -6.48. The zero-order valence-electron chi connectivity index (χ0n) is 35.8. The summed E-state index contributed by atoms with van der Waals surface area (Å²) in [6.45, 7) is 1.01. The van der Waals surface area contributed by atoms with Crippen molar-refractivity contribution in [3.63, 3.8) is 0 Å². The molecule has 21 N–H and O–H groups in total. The third-order valence-corrected chi connectivity index (χ3v) is 9.27. The van der Waals surface area contributed by atoms with Crippen molar-refractivity contribution in [1.82, 2.24) is 31.9 Å². The highest BCUT2D eigenvalue weighted by Crippen LogP contribution is 2.13. The number of nitrogens with two attached hydrogens (primary N) is 5. The van der Waals surface area contributed by atoms with Crippen LogP contribution in [0.5, 0.6) is 5.75 Å². The molecule has 28 nitrogen and oxygen atoms in total. The van der Waals surface area contributed by atoms with Crippen molar-refractivity contribution in [2.24, 2.45) is 33.7 Å². The number of carbonyl (C=O) groups excluding carboxylic acids is 8. The molecule has 0 aromatic heterocycles. The summed E-state index contributed by atoms with van der Waals surface area (Å²) in [5, 5.41) is 61.1. The van der Waals surface area contributed by atoms with E-state index in [1.54, 1.807) is 0 Å². The number of hydrogen-bond donors (Lipinski definition) is 16. The summed E-state index contributed by atoms with van der Waals surface area (Å²) in [7, 11) is 0. The van der Waals surface area contributed by atoms with E-state index in [-0.39, 0.29) is 43.1 Å². The van der Waals surface area contributed by atoms with Gasteiger partial charge in [-0.1, -0.05) is 12.1 Å². The minimum atomic E-state index is -1.83. The number of carboxylic acid groups (broad SMARTS) is 3. The standard InChI is InChI=1S/C38H58N12O16/c1-17(51)30(37(65)66)50-34(62)21(3-2-14-44-38(42)43)45-32(60)22(9-11-26(40)53)46-33(61)23(10-13-29(57)58)47-35(63)24(15-18-4-6-19(52)7-5-18)49-36(64)25(16-27(41)54)48-31(59)20(39)8-12-28(55)56/h4-7,17,20-25,30,51-52H,2-3,8-16,39H2,1H3,(H2,40,53)(H2,41,54)(H,45,60)(H,46,61)(H,47,63)(H,48,59)(H,49,64)(H,50,62)(H,55,56)(H,57,58)(H,65,66)(H4,42,43,44)/t17-,20+,21+,22+,23+,24+,25+,30+/m1/s1. The van der Waals surface area contributed by atoms with Crippen LogP contribution < -0.4 is 60.6 Å². The minimum absolute atomic E-state index is 0.0160. The van der Waals surface area contributed by atoms with Gasteiger partial charge in [-0.05, 0) is 56.7 Å². The van der Waals surface area contributed by atoms with Crippen LogP contribution in [0.4, 0.5) is 0 Å². The molecule has 0 bridgehead atoms. The van der Waals surface area contributed by atoms with Crippen molar-refractivity contribution in [1.29, 1.82) is 0 Å². The summed E-state index contributed by atoms with van der Waals surface area (Å²) >= 11 is 0. The zero-order valence-corrected chi connectivity index (χ0v) is 35.8. The van der Waals surface area contributed by atoms with Crippen LogP contribution in [0, 0.1) is 0 Å². The molecule has 0 spiro atoms. The van der Waals surface area contributed by atoms with Gasteiger partial charge in [0.15, 0.2) is 12.0 Å². The molecule has 1 rings (SSSR count). The first-order valence-electron chi connectivity index (χ1n) is 20.1. The first-order chi connectivity index (χ1) is 30.8. The molecule has 0 aliphatic heterocycles. The predicted molar refractivity (Wildman–Crippen MR) is 227 cm³/mol. The first kappa shape index (κ1) is 56.4. The van der Waals surface area contributed by atoms with Gasteiger partial charge in [-0.2, -0.15) is 0 Å². The number of hydrogen-bond acceptors (Lipinski definition) is 15. The fraction of sp³-hybridized carbons (Fsp3) is 0.526. The van der Waals surface area contributed by atoms with Crippen LogP contribution in [0.2, 0.25) is 0 Å². The molecule has 1 aromatic rings. The maximum absolute atomic E-state index is 14.0. The Morgan fingerprint density at radius 3 is 1.48 bits per heavy atom. The number of phenols is 1. The number of amides is 8. The lowest BCUT2D eigenvalue weighted by Gasteiger charge is -2.27. The quantitative estimate of drug-likeness (QED) is 0.0187. The maximum Gasteiger partial charge on any atom is 0.328 e. The van der Waals surface area contributed by atoms with Crippen molar-refractivity contribution in [3.05, 3.63) is 29.8 Å². The molecule has 66 heavy (non-hydrogen) atoms. The average Bonchev–Trinajstić information content (AvgIpc) is 3.22. The molecule has 0 aliphatic carbocycles. The molecule has 0 radical (unpaired) electrons. The molecule has 0 fully saturated rings. The highest BCUT2D eigenvalue weighted by atomic mass is 16.4. The number of aromatic hydroxyl groups is 1. The zero-order chi connectivity index (χ0) is 50.3. The number of aliphatic imine (C=N–C) groups is 1. The van der Waals surface area contributed by atoms with Gasteiger partial charge in [-0.15, -0.1) is 0 Å². The summed E-state index contributed by atoms with van der Waals surface area (Å²) < 4.78 is 0. The number of aliphatic hydroxyl groups is 1. The van der Waals surface area contributed by atoms with Gasteiger partial charge in [0.2, 0.25) is 47.3 Å². The highest BCUT2D eigenvalue weighted by molar-refractivity contribution is 5.98. The second kappa shape index (κ2) is 28.2. The van der Waals surface area contributed by atoms with Gasteiger partial charge in [0.05, 0.1) is 18.6 Å². The average molecular weight is 939 g/mol. The second-order valence-corrected chi connectivity index (χ2v) is 14.8. The highest BCUT2D eigenvalue weighted by Gasteiger charge is 2.35. The first-order valence-corrected chi connectivity index (χ1v) is 20.1. The monoisotopic (exact) mass is 938 g/mol. The van der Waals surface area contributed by atoms with Gasteiger partial charge in [0.1, 0.15) is 36.0 Å². The van der Waals surface area contributed by atoms with E-state index in [1.165, 1.54) is 24.3 Å². The maximum atomic E-state index is 14.0. The van der Waals surface area contributed by atoms with Gasteiger partial charge in [0, 0.05) is 32.2 Å². The fourth-order valence-corrected chi connectivity index (χ4v) is 5.77. The van der Waals surface area contributed by atoms with Crippen LogP contribution in [0.3, 0.4) is 0 Å². The molecular weight excluding hydrogens is 880 g/mol. The van der Waals surface area contributed by atoms with Crippen LogP contribution in [-0.2, 0) is 59.2 Å². The Morgan fingerprint density at radius 1 is 0.576 bits per heavy atom. The number of carbonyl (C=O) groups is 11. The summed E-state index contributed by atoms with van der Waals surface area (Å²) in [4.78, 5) is 143. The largest absolute Gasteiger partial charge is 0.508 e. The number of aliphatic hydroxyl groups excluding tert-OH is 1. The van der Waals surface area contributed by atoms with E-state index in [9.17, 15) is 73.2 Å².